The van der Waals surface area contributed by atoms with Crippen molar-refractivity contribution in [2.45, 2.75) is 25.7 Å². The van der Waals surface area contributed by atoms with Gasteiger partial charge in [0.1, 0.15) is 0 Å². The van der Waals surface area contributed by atoms with Gasteiger partial charge in [-0.3, -0.25) is 14.6 Å². The van der Waals surface area contributed by atoms with Gasteiger partial charge in [0.2, 0.25) is 0 Å². The summed E-state index contributed by atoms with van der Waals surface area (Å²) in [5, 5.41) is 6.89. The van der Waals surface area contributed by atoms with Gasteiger partial charge in [-0.15, -0.1) is 0 Å². The van der Waals surface area contributed by atoms with Crippen LogP contribution < -0.4 is 0 Å². The summed E-state index contributed by atoms with van der Waals surface area (Å²) < 4.78 is 0. The van der Waals surface area contributed by atoms with E-state index in [1.165, 1.54) is 35.5 Å². The van der Waals surface area contributed by atoms with Gasteiger partial charge in [0.15, 0.2) is 0 Å². The summed E-state index contributed by atoms with van der Waals surface area (Å²) in [5.41, 5.74) is 27.0. The Morgan fingerprint density at radius 2 is 1.00 bits per heavy atom. The summed E-state index contributed by atoms with van der Waals surface area (Å²) in [7, 11) is 0. The summed E-state index contributed by atoms with van der Waals surface area (Å²) in [6, 6.07) is 0. The molecule has 0 aromatic heterocycles. The molecule has 74 valence electrons. The lowest BCUT2D eigenvalue weighted by molar-refractivity contribution is -0.122. The SMILES string of the molecule is C1CCC1.O=CO.[N-]=[N+]=[N-].[N-]=[N+]=[N-]. The van der Waals surface area contributed by atoms with Crippen molar-refractivity contribution in [2.75, 3.05) is 0 Å². The zero-order valence-electron chi connectivity index (χ0n) is 6.94. The van der Waals surface area contributed by atoms with Crippen LogP contribution in [-0.4, -0.2) is 11.6 Å². The quantitative estimate of drug-likeness (QED) is 0.267. The molecule has 0 amide bonds. The number of hydrogen-bond acceptors (Lipinski definition) is 1. The third-order valence-corrected chi connectivity index (χ3v) is 1.000. The molecule has 0 atom stereocenters. The van der Waals surface area contributed by atoms with Crippen molar-refractivity contribution < 1.29 is 9.90 Å². The van der Waals surface area contributed by atoms with Gasteiger partial charge in [0.05, 0.1) is 0 Å². The van der Waals surface area contributed by atoms with Gasteiger partial charge >= 0.3 is 0 Å². The minimum Gasteiger partial charge on any atom is -0.483 e. The maximum atomic E-state index is 8.36. The second kappa shape index (κ2) is 32.2. The van der Waals surface area contributed by atoms with E-state index in [2.05, 4.69) is 0 Å². The van der Waals surface area contributed by atoms with E-state index in [0.717, 1.165) is 0 Å². The molecule has 0 saturated heterocycles. The Labute approximate surface area is 75.0 Å². The van der Waals surface area contributed by atoms with Crippen molar-refractivity contribution in [3.05, 3.63) is 31.9 Å². The van der Waals surface area contributed by atoms with Crippen LogP contribution in [0.3, 0.4) is 0 Å². The smallest absolute Gasteiger partial charge is 0.290 e. The number of rotatable bonds is 0. The van der Waals surface area contributed by atoms with Crippen molar-refractivity contribution in [3.8, 4) is 0 Å². The highest BCUT2D eigenvalue weighted by Gasteiger charge is 1.95. The number of carbonyl (C=O) groups is 1. The van der Waals surface area contributed by atoms with Gasteiger partial charge in [-0.25, -0.2) is 0 Å². The maximum Gasteiger partial charge on any atom is 0.290 e. The molecule has 8 heteroatoms. The molecule has 1 aliphatic carbocycles. The molecule has 0 aromatic rings. The first-order valence-electron chi connectivity index (χ1n) is 3.29. The van der Waals surface area contributed by atoms with Crippen molar-refractivity contribution in [1.29, 1.82) is 0 Å². The zero-order valence-corrected chi connectivity index (χ0v) is 6.94. The lowest BCUT2D eigenvalue weighted by Gasteiger charge is -2.05. The van der Waals surface area contributed by atoms with Crippen LogP contribution >= 0.6 is 0 Å². The molecular formula is C5H10N6O2-2. The molecule has 0 bridgehead atoms. The van der Waals surface area contributed by atoms with E-state index in [0.29, 0.717) is 0 Å². The summed E-state index contributed by atoms with van der Waals surface area (Å²) in [5.74, 6) is 0. The highest BCUT2D eigenvalue weighted by atomic mass is 16.3. The van der Waals surface area contributed by atoms with E-state index in [-0.39, 0.29) is 6.47 Å². The van der Waals surface area contributed by atoms with E-state index in [1.807, 2.05) is 0 Å². The van der Waals surface area contributed by atoms with Gasteiger partial charge in [-0.05, 0) is 0 Å². The van der Waals surface area contributed by atoms with Gasteiger partial charge in [-0.1, -0.05) is 25.7 Å². The Kier molecular flexibility index (Phi) is 42.7. The second-order valence-electron chi connectivity index (χ2n) is 1.70. The Morgan fingerprint density at radius 3 is 1.00 bits per heavy atom. The molecular weight excluding hydrogens is 176 g/mol. The fraction of sp³-hybridized carbons (Fsp3) is 0.800. The number of carboxylic acid groups (broad SMARTS) is 1. The molecule has 0 radical (unpaired) electrons. The van der Waals surface area contributed by atoms with E-state index in [9.17, 15) is 0 Å². The van der Waals surface area contributed by atoms with E-state index < -0.39 is 0 Å². The first kappa shape index (κ1) is 17.3. The van der Waals surface area contributed by atoms with Crippen LogP contribution in [0, 0.1) is 0 Å². The minimum absolute atomic E-state index is 0.250. The molecule has 0 heterocycles. The van der Waals surface area contributed by atoms with Crippen molar-refractivity contribution >= 4 is 6.47 Å². The monoisotopic (exact) mass is 186 g/mol. The van der Waals surface area contributed by atoms with Crippen LogP contribution in [0.1, 0.15) is 25.7 Å². The summed E-state index contributed by atoms with van der Waals surface area (Å²) in [4.78, 5) is 11.4. The molecule has 0 aromatic carbocycles. The van der Waals surface area contributed by atoms with Crippen LogP contribution in [0.5, 0.6) is 0 Å². The molecule has 13 heavy (non-hydrogen) atoms. The van der Waals surface area contributed by atoms with E-state index in [4.69, 9.17) is 32.0 Å². The second-order valence-corrected chi connectivity index (χ2v) is 1.70. The molecule has 1 fully saturated rings. The van der Waals surface area contributed by atoms with Gasteiger partial charge in [0, 0.05) is 0 Å². The third-order valence-electron chi connectivity index (χ3n) is 1.000. The summed E-state index contributed by atoms with van der Waals surface area (Å²) in [6.45, 7) is -0.250. The largest absolute Gasteiger partial charge is 0.483 e. The lowest BCUT2D eigenvalue weighted by Crippen LogP contribution is -1.85. The minimum atomic E-state index is -0.250. The number of hydrogen-bond donors (Lipinski definition) is 1. The molecule has 0 aliphatic heterocycles. The van der Waals surface area contributed by atoms with E-state index >= 15 is 0 Å². The van der Waals surface area contributed by atoms with Crippen LogP contribution in [0.2, 0.25) is 0 Å². The van der Waals surface area contributed by atoms with Crippen molar-refractivity contribution in [3.63, 3.8) is 0 Å². The fourth-order valence-electron chi connectivity index (χ4n) is 0.250. The zero-order chi connectivity index (χ0) is 10.9. The Balaban J connectivity index is -0.000000104. The molecule has 1 aliphatic rings. The molecule has 0 spiro atoms. The summed E-state index contributed by atoms with van der Waals surface area (Å²) in [6.07, 6.45) is 6.00. The predicted molar refractivity (Wildman–Crippen MR) is 47.3 cm³/mol. The molecule has 1 N–H and O–H groups in total. The van der Waals surface area contributed by atoms with E-state index in [1.54, 1.807) is 0 Å². The van der Waals surface area contributed by atoms with Crippen LogP contribution in [-0.2, 0) is 4.79 Å². The molecule has 0 unspecified atom stereocenters. The highest BCUT2D eigenvalue weighted by Crippen LogP contribution is 2.15. The predicted octanol–water partition coefficient (Wildman–Crippen LogP) is 2.99. The van der Waals surface area contributed by atoms with Crippen molar-refractivity contribution in [1.82, 2.24) is 0 Å². The topological polar surface area (TPSA) is 155 Å². The summed E-state index contributed by atoms with van der Waals surface area (Å²) >= 11 is 0. The Morgan fingerprint density at radius 1 is 0.923 bits per heavy atom. The highest BCUT2D eigenvalue weighted by molar-refractivity contribution is 5.32. The van der Waals surface area contributed by atoms with Gasteiger partial charge in [0.25, 0.3) is 6.47 Å². The standard InChI is InChI=1S/C4H8.CH2O2.2N3/c1-2-4-3-1;2-1-3;2*1-3-2/h1-4H2;1H,(H,2,3);;/q;;2*-1. The Hall–Kier alpha value is -1.91. The normalized spacial score (nSPS) is 9.54. The fourth-order valence-corrected chi connectivity index (χ4v) is 0.250. The molecule has 1 saturated carbocycles. The lowest BCUT2D eigenvalue weighted by atomic mass is 10.0. The first-order chi connectivity index (χ1) is 6.24. The average Bonchev–Trinajstić information content (AvgIpc) is 1.86. The Bertz CT molecular complexity index is 138. The first-order valence-corrected chi connectivity index (χ1v) is 3.29. The van der Waals surface area contributed by atoms with Crippen LogP contribution in [0.15, 0.2) is 0 Å². The van der Waals surface area contributed by atoms with Gasteiger partial charge < -0.3 is 27.2 Å². The van der Waals surface area contributed by atoms with Crippen LogP contribution in [0.25, 0.3) is 31.9 Å². The maximum absolute atomic E-state index is 8.36. The third kappa shape index (κ3) is 151. The van der Waals surface area contributed by atoms with Crippen LogP contribution in [0.4, 0.5) is 0 Å². The molecule has 8 nitrogen and oxygen atoms in total. The average molecular weight is 186 g/mol. The molecule has 1 rings (SSSR count). The van der Waals surface area contributed by atoms with Crippen molar-refractivity contribution in [2.24, 2.45) is 0 Å². The van der Waals surface area contributed by atoms with Gasteiger partial charge in [-0.2, -0.15) is 0 Å². The number of nitrogens with zero attached hydrogens (tertiary/aromatic N) is 6.